The molecule has 0 fully saturated rings. The van der Waals surface area contributed by atoms with Gasteiger partial charge in [0.15, 0.2) is 5.17 Å². The van der Waals surface area contributed by atoms with Crippen molar-refractivity contribution >= 4 is 34.2 Å². The van der Waals surface area contributed by atoms with Crippen molar-refractivity contribution in [1.82, 2.24) is 0 Å². The van der Waals surface area contributed by atoms with Crippen molar-refractivity contribution in [3.8, 4) is 0 Å². The lowest BCUT2D eigenvalue weighted by Gasteiger charge is -2.30. The van der Waals surface area contributed by atoms with E-state index in [-0.39, 0.29) is 11.4 Å². The number of amidine groups is 1. The number of thioether (sulfide) groups is 1. The summed E-state index contributed by atoms with van der Waals surface area (Å²) in [7, 11) is 0. The molecule has 0 aromatic heterocycles. The van der Waals surface area contributed by atoms with Crippen LogP contribution in [0.2, 0.25) is 0 Å². The van der Waals surface area contributed by atoms with Gasteiger partial charge in [-0.1, -0.05) is 23.9 Å². The molecule has 1 unspecified atom stereocenters. The first-order valence-corrected chi connectivity index (χ1v) is 9.79. The molecule has 0 aliphatic carbocycles. The van der Waals surface area contributed by atoms with Gasteiger partial charge >= 0.3 is 0 Å². The van der Waals surface area contributed by atoms with Gasteiger partial charge < -0.3 is 16.4 Å². The van der Waals surface area contributed by atoms with Crippen LogP contribution in [-0.2, 0) is 12.0 Å². The number of nitrogens with one attached hydrogen (secondary N) is 2. The maximum Gasteiger partial charge on any atom is 0.255 e. The molecule has 2 aromatic rings. The smallest absolute Gasteiger partial charge is 0.255 e. The molecule has 5 nitrogen and oxygen atoms in total. The van der Waals surface area contributed by atoms with Crippen molar-refractivity contribution in [3.05, 3.63) is 59.2 Å². The summed E-state index contributed by atoms with van der Waals surface area (Å²) in [6.45, 7) is 3.03. The van der Waals surface area contributed by atoms with Gasteiger partial charge in [-0.05, 0) is 61.2 Å². The molecule has 2 aromatic carbocycles. The van der Waals surface area contributed by atoms with Crippen molar-refractivity contribution in [2.24, 2.45) is 10.7 Å². The van der Waals surface area contributed by atoms with Gasteiger partial charge in [0.1, 0.15) is 0 Å². The van der Waals surface area contributed by atoms with E-state index in [1.807, 2.05) is 42.5 Å². The highest BCUT2D eigenvalue weighted by molar-refractivity contribution is 8.13. The van der Waals surface area contributed by atoms with Gasteiger partial charge in [0.2, 0.25) is 0 Å². The van der Waals surface area contributed by atoms with Crippen LogP contribution >= 0.6 is 11.8 Å². The van der Waals surface area contributed by atoms with E-state index in [9.17, 15) is 4.79 Å². The first-order valence-electron chi connectivity index (χ1n) is 8.80. The predicted molar refractivity (Wildman–Crippen MR) is 109 cm³/mol. The summed E-state index contributed by atoms with van der Waals surface area (Å²) in [5.74, 6) is 0.828. The highest BCUT2D eigenvalue weighted by Crippen LogP contribution is 2.35. The van der Waals surface area contributed by atoms with Crippen LogP contribution in [0.25, 0.3) is 0 Å². The average Bonchev–Trinajstić information content (AvgIpc) is 3.09. The average molecular weight is 366 g/mol. The van der Waals surface area contributed by atoms with E-state index in [0.29, 0.717) is 10.7 Å². The number of hydrogen-bond acceptors (Lipinski definition) is 5. The molecular weight excluding hydrogens is 344 g/mol. The number of carbonyl (C=O) groups excluding carboxylic acids is 1. The SMILES string of the molecule is CC1(c2cccc(C(=O)Nc3ccc4c(c3)CCN4)c2)CCSC(N)=N1. The molecule has 26 heavy (non-hydrogen) atoms. The highest BCUT2D eigenvalue weighted by atomic mass is 32.2. The van der Waals surface area contributed by atoms with Crippen LogP contribution in [0.1, 0.15) is 34.8 Å². The third-order valence-electron chi connectivity index (χ3n) is 5.02. The van der Waals surface area contributed by atoms with Crippen LogP contribution in [0.4, 0.5) is 11.4 Å². The molecule has 2 heterocycles. The van der Waals surface area contributed by atoms with E-state index >= 15 is 0 Å². The Morgan fingerprint density at radius 3 is 3.04 bits per heavy atom. The summed E-state index contributed by atoms with van der Waals surface area (Å²) in [5.41, 5.74) is 10.4. The van der Waals surface area contributed by atoms with Gasteiger partial charge in [0, 0.05) is 29.2 Å². The largest absolute Gasteiger partial charge is 0.384 e. The Kier molecular flexibility index (Phi) is 4.36. The molecule has 0 radical (unpaired) electrons. The summed E-state index contributed by atoms with van der Waals surface area (Å²) in [4.78, 5) is 17.4. The molecule has 0 bridgehead atoms. The standard InChI is InChI=1S/C20H22N4OS/c1-20(8-10-26-19(21)24-20)15-4-2-3-14(11-15)18(25)23-16-5-6-17-13(12-16)7-9-22-17/h2-6,11-12,22H,7-10H2,1H3,(H2,21,24)(H,23,25). The first-order chi connectivity index (χ1) is 12.5. The second-order valence-electron chi connectivity index (χ2n) is 6.91. The van der Waals surface area contributed by atoms with Crippen LogP contribution in [0, 0.1) is 0 Å². The minimum atomic E-state index is -0.370. The molecule has 134 valence electrons. The fourth-order valence-electron chi connectivity index (χ4n) is 3.48. The Labute approximate surface area is 157 Å². The summed E-state index contributed by atoms with van der Waals surface area (Å²) in [6.07, 6.45) is 1.89. The third-order valence-corrected chi connectivity index (χ3v) is 5.81. The van der Waals surface area contributed by atoms with Gasteiger partial charge in [-0.25, -0.2) is 0 Å². The Hall–Kier alpha value is -2.47. The van der Waals surface area contributed by atoms with E-state index in [1.54, 1.807) is 11.8 Å². The van der Waals surface area contributed by atoms with Crippen molar-refractivity contribution < 1.29 is 4.79 Å². The molecule has 4 rings (SSSR count). The van der Waals surface area contributed by atoms with E-state index in [4.69, 9.17) is 5.73 Å². The molecule has 0 saturated heterocycles. The van der Waals surface area contributed by atoms with E-state index in [2.05, 4.69) is 22.5 Å². The van der Waals surface area contributed by atoms with E-state index in [0.717, 1.165) is 42.1 Å². The quantitative estimate of drug-likeness (QED) is 0.776. The highest BCUT2D eigenvalue weighted by Gasteiger charge is 2.29. The van der Waals surface area contributed by atoms with Crippen molar-refractivity contribution in [2.45, 2.75) is 25.3 Å². The normalized spacial score (nSPS) is 21.5. The van der Waals surface area contributed by atoms with Gasteiger partial charge in [-0.3, -0.25) is 9.79 Å². The number of nitrogens with two attached hydrogens (primary N) is 1. The van der Waals surface area contributed by atoms with Crippen molar-refractivity contribution in [2.75, 3.05) is 22.9 Å². The zero-order valence-electron chi connectivity index (χ0n) is 14.7. The minimum absolute atomic E-state index is 0.108. The Bertz CT molecular complexity index is 895. The zero-order chi connectivity index (χ0) is 18.1. The number of rotatable bonds is 3. The molecular formula is C20H22N4OS. The number of anilines is 2. The van der Waals surface area contributed by atoms with Gasteiger partial charge in [0.05, 0.1) is 5.54 Å². The van der Waals surface area contributed by atoms with Crippen molar-refractivity contribution in [3.63, 3.8) is 0 Å². The number of carbonyl (C=O) groups is 1. The fourth-order valence-corrected chi connectivity index (χ4v) is 4.45. The van der Waals surface area contributed by atoms with Crippen LogP contribution in [-0.4, -0.2) is 23.4 Å². The summed E-state index contributed by atoms with van der Waals surface area (Å²) in [6, 6.07) is 13.7. The molecule has 1 amide bonds. The number of nitrogens with zero attached hydrogens (tertiary/aromatic N) is 1. The molecule has 1 atom stereocenters. The number of benzene rings is 2. The first kappa shape index (κ1) is 17.0. The maximum absolute atomic E-state index is 12.7. The second-order valence-corrected chi connectivity index (χ2v) is 8.02. The van der Waals surface area contributed by atoms with Gasteiger partial charge in [0.25, 0.3) is 5.91 Å². The van der Waals surface area contributed by atoms with Crippen LogP contribution in [0.15, 0.2) is 47.5 Å². The van der Waals surface area contributed by atoms with E-state index < -0.39 is 0 Å². The van der Waals surface area contributed by atoms with Gasteiger partial charge in [-0.15, -0.1) is 0 Å². The summed E-state index contributed by atoms with van der Waals surface area (Å²) >= 11 is 1.58. The van der Waals surface area contributed by atoms with Crippen molar-refractivity contribution in [1.29, 1.82) is 0 Å². The summed E-state index contributed by atoms with van der Waals surface area (Å²) in [5, 5.41) is 6.95. The number of aliphatic imine (C=N–C) groups is 1. The minimum Gasteiger partial charge on any atom is -0.384 e. The van der Waals surface area contributed by atoms with E-state index in [1.165, 1.54) is 5.56 Å². The molecule has 2 aliphatic heterocycles. The van der Waals surface area contributed by atoms with Crippen LogP contribution in [0.5, 0.6) is 0 Å². The zero-order valence-corrected chi connectivity index (χ0v) is 15.5. The number of amides is 1. The Morgan fingerprint density at radius 1 is 1.31 bits per heavy atom. The lowest BCUT2D eigenvalue weighted by molar-refractivity contribution is 0.102. The van der Waals surface area contributed by atoms with Crippen LogP contribution in [0.3, 0.4) is 0 Å². The molecule has 0 saturated carbocycles. The number of hydrogen-bond donors (Lipinski definition) is 3. The molecule has 0 spiro atoms. The van der Waals surface area contributed by atoms with Gasteiger partial charge in [-0.2, -0.15) is 0 Å². The molecule has 4 N–H and O–H groups in total. The predicted octanol–water partition coefficient (Wildman–Crippen LogP) is 3.57. The Balaban J connectivity index is 1.56. The monoisotopic (exact) mass is 366 g/mol. The molecule has 6 heteroatoms. The summed E-state index contributed by atoms with van der Waals surface area (Å²) < 4.78 is 0. The second kappa shape index (κ2) is 6.68. The topological polar surface area (TPSA) is 79.5 Å². The lowest BCUT2D eigenvalue weighted by Crippen LogP contribution is -2.29. The third kappa shape index (κ3) is 3.29. The number of fused-ring (bicyclic) bond motifs is 1. The maximum atomic E-state index is 12.7. The molecule has 2 aliphatic rings. The fraction of sp³-hybridized carbons (Fsp3) is 0.300. The van der Waals surface area contributed by atoms with Crippen LogP contribution < -0.4 is 16.4 Å². The lowest BCUT2D eigenvalue weighted by atomic mass is 9.88. The Morgan fingerprint density at radius 2 is 2.19 bits per heavy atom.